The molecule has 0 unspecified atom stereocenters. The molecule has 2 aromatic carbocycles. The molecule has 3 aromatic rings. The van der Waals surface area contributed by atoms with Gasteiger partial charge in [0.2, 0.25) is 0 Å². The average molecular weight is 351 g/mol. The number of para-hydroxylation sites is 1. The Bertz CT molecular complexity index is 837. The molecule has 0 radical (unpaired) electrons. The summed E-state index contributed by atoms with van der Waals surface area (Å²) in [5.41, 5.74) is 0.453. The minimum absolute atomic E-state index is 0.130. The van der Waals surface area contributed by atoms with Crippen molar-refractivity contribution in [3.63, 3.8) is 0 Å². The van der Waals surface area contributed by atoms with E-state index in [1.165, 1.54) is 12.4 Å². The fraction of sp³-hybridized carbons (Fsp3) is 0.105. The summed E-state index contributed by atoms with van der Waals surface area (Å²) in [5.74, 6) is 1.61. The van der Waals surface area contributed by atoms with Gasteiger partial charge in [-0.15, -0.1) is 0 Å². The SMILES string of the molecule is COc1ccc(OCC(=O)Nc2cnc(Oc3ccccc3)nc2)cc1. The zero-order valence-corrected chi connectivity index (χ0v) is 14.1. The molecule has 0 spiro atoms. The summed E-state index contributed by atoms with van der Waals surface area (Å²) in [6.45, 7) is -0.130. The second kappa shape index (κ2) is 8.48. The molecule has 3 rings (SSSR count). The Morgan fingerprint density at radius 2 is 1.58 bits per heavy atom. The van der Waals surface area contributed by atoms with Crippen molar-refractivity contribution in [1.82, 2.24) is 9.97 Å². The van der Waals surface area contributed by atoms with Crippen LogP contribution in [-0.2, 0) is 4.79 Å². The summed E-state index contributed by atoms with van der Waals surface area (Å²) < 4.78 is 16.0. The number of amides is 1. The van der Waals surface area contributed by atoms with E-state index in [0.29, 0.717) is 17.2 Å². The zero-order chi connectivity index (χ0) is 18.2. The second-order valence-corrected chi connectivity index (χ2v) is 5.18. The number of nitrogens with one attached hydrogen (secondary N) is 1. The fourth-order valence-corrected chi connectivity index (χ4v) is 2.05. The minimum Gasteiger partial charge on any atom is -0.497 e. The molecule has 0 aliphatic carbocycles. The summed E-state index contributed by atoms with van der Waals surface area (Å²) in [5, 5.41) is 2.66. The number of hydrogen-bond donors (Lipinski definition) is 1. The molecule has 0 fully saturated rings. The molecule has 0 aliphatic rings. The number of ether oxygens (including phenoxy) is 3. The first-order valence-corrected chi connectivity index (χ1v) is 7.84. The van der Waals surface area contributed by atoms with E-state index in [2.05, 4.69) is 15.3 Å². The third-order valence-corrected chi connectivity index (χ3v) is 3.29. The van der Waals surface area contributed by atoms with Crippen molar-refractivity contribution in [2.45, 2.75) is 0 Å². The van der Waals surface area contributed by atoms with Crippen molar-refractivity contribution in [2.24, 2.45) is 0 Å². The molecule has 0 atom stereocenters. The highest BCUT2D eigenvalue weighted by molar-refractivity contribution is 5.91. The van der Waals surface area contributed by atoms with Crippen LogP contribution in [0, 0.1) is 0 Å². The van der Waals surface area contributed by atoms with Crippen LogP contribution in [0.5, 0.6) is 23.3 Å². The highest BCUT2D eigenvalue weighted by Crippen LogP contribution is 2.18. The van der Waals surface area contributed by atoms with Gasteiger partial charge in [-0.3, -0.25) is 4.79 Å². The number of benzene rings is 2. The van der Waals surface area contributed by atoms with Gasteiger partial charge in [-0.05, 0) is 36.4 Å². The van der Waals surface area contributed by atoms with E-state index < -0.39 is 0 Å². The maximum atomic E-state index is 11.9. The van der Waals surface area contributed by atoms with Crippen molar-refractivity contribution in [3.8, 4) is 23.3 Å². The third kappa shape index (κ3) is 4.94. The summed E-state index contributed by atoms with van der Waals surface area (Å²) in [6, 6.07) is 16.4. The van der Waals surface area contributed by atoms with Crippen LogP contribution in [0.15, 0.2) is 67.0 Å². The summed E-state index contributed by atoms with van der Waals surface area (Å²) in [6.07, 6.45) is 2.94. The Morgan fingerprint density at radius 1 is 0.923 bits per heavy atom. The van der Waals surface area contributed by atoms with Crippen molar-refractivity contribution in [1.29, 1.82) is 0 Å². The van der Waals surface area contributed by atoms with Gasteiger partial charge in [-0.1, -0.05) is 18.2 Å². The highest BCUT2D eigenvalue weighted by Gasteiger charge is 2.06. The second-order valence-electron chi connectivity index (χ2n) is 5.18. The van der Waals surface area contributed by atoms with E-state index >= 15 is 0 Å². The third-order valence-electron chi connectivity index (χ3n) is 3.29. The molecule has 1 amide bonds. The standard InChI is InChI=1S/C19H17N3O4/c1-24-15-7-9-16(10-8-15)25-13-18(23)22-14-11-20-19(21-12-14)26-17-5-3-2-4-6-17/h2-12H,13H2,1H3,(H,22,23). The maximum Gasteiger partial charge on any atom is 0.322 e. The predicted octanol–water partition coefficient (Wildman–Crippen LogP) is 3.30. The number of methoxy groups -OCH3 is 1. The molecule has 1 N–H and O–H groups in total. The first-order chi connectivity index (χ1) is 12.7. The highest BCUT2D eigenvalue weighted by atomic mass is 16.5. The Balaban J connectivity index is 1.49. The predicted molar refractivity (Wildman–Crippen MR) is 95.7 cm³/mol. The molecule has 26 heavy (non-hydrogen) atoms. The van der Waals surface area contributed by atoms with Crippen LogP contribution in [0.1, 0.15) is 0 Å². The van der Waals surface area contributed by atoms with Gasteiger partial charge in [-0.2, -0.15) is 0 Å². The van der Waals surface area contributed by atoms with Crippen molar-refractivity contribution < 1.29 is 19.0 Å². The lowest BCUT2D eigenvalue weighted by Gasteiger charge is -2.08. The van der Waals surface area contributed by atoms with Crippen LogP contribution in [0.3, 0.4) is 0 Å². The van der Waals surface area contributed by atoms with Crippen molar-refractivity contribution in [3.05, 3.63) is 67.0 Å². The molecule has 7 heteroatoms. The van der Waals surface area contributed by atoms with E-state index in [0.717, 1.165) is 5.75 Å². The van der Waals surface area contributed by atoms with Gasteiger partial charge in [0, 0.05) is 0 Å². The van der Waals surface area contributed by atoms with Crippen LogP contribution < -0.4 is 19.5 Å². The van der Waals surface area contributed by atoms with Gasteiger partial charge in [0.1, 0.15) is 17.2 Å². The Kier molecular flexibility index (Phi) is 5.61. The molecule has 0 aliphatic heterocycles. The van der Waals surface area contributed by atoms with E-state index in [1.54, 1.807) is 43.5 Å². The molecule has 0 bridgehead atoms. The smallest absolute Gasteiger partial charge is 0.322 e. The Hall–Kier alpha value is -3.61. The van der Waals surface area contributed by atoms with Gasteiger partial charge >= 0.3 is 6.01 Å². The van der Waals surface area contributed by atoms with E-state index in [-0.39, 0.29) is 18.5 Å². The lowest BCUT2D eigenvalue weighted by Crippen LogP contribution is -2.20. The van der Waals surface area contributed by atoms with E-state index in [4.69, 9.17) is 14.2 Å². The number of aromatic nitrogens is 2. The number of carbonyl (C=O) groups excluding carboxylic acids is 1. The number of nitrogens with zero attached hydrogens (tertiary/aromatic N) is 2. The van der Waals surface area contributed by atoms with Gasteiger partial charge in [0.05, 0.1) is 25.2 Å². The van der Waals surface area contributed by atoms with Crippen LogP contribution in [0.2, 0.25) is 0 Å². The first-order valence-electron chi connectivity index (χ1n) is 7.84. The largest absolute Gasteiger partial charge is 0.497 e. The monoisotopic (exact) mass is 351 g/mol. The number of anilines is 1. The van der Waals surface area contributed by atoms with Gasteiger partial charge in [0.15, 0.2) is 6.61 Å². The normalized spacial score (nSPS) is 10.0. The van der Waals surface area contributed by atoms with Gasteiger partial charge in [-0.25, -0.2) is 9.97 Å². The molecular formula is C19H17N3O4. The minimum atomic E-state index is -0.318. The lowest BCUT2D eigenvalue weighted by atomic mass is 10.3. The van der Waals surface area contributed by atoms with E-state index in [9.17, 15) is 4.79 Å². The van der Waals surface area contributed by atoms with Crippen LogP contribution in [-0.4, -0.2) is 29.6 Å². The number of rotatable bonds is 7. The molecule has 1 aromatic heterocycles. The summed E-state index contributed by atoms with van der Waals surface area (Å²) in [4.78, 5) is 20.1. The number of hydrogen-bond acceptors (Lipinski definition) is 6. The van der Waals surface area contributed by atoms with Crippen LogP contribution in [0.25, 0.3) is 0 Å². The fourth-order valence-electron chi connectivity index (χ4n) is 2.05. The molecule has 0 saturated heterocycles. The Labute approximate surface area is 150 Å². The quantitative estimate of drug-likeness (QED) is 0.703. The average Bonchev–Trinajstić information content (AvgIpc) is 2.69. The van der Waals surface area contributed by atoms with Crippen molar-refractivity contribution in [2.75, 3.05) is 19.0 Å². The molecular weight excluding hydrogens is 334 g/mol. The zero-order valence-electron chi connectivity index (χ0n) is 14.1. The van der Waals surface area contributed by atoms with Crippen LogP contribution >= 0.6 is 0 Å². The lowest BCUT2D eigenvalue weighted by molar-refractivity contribution is -0.118. The maximum absolute atomic E-state index is 11.9. The van der Waals surface area contributed by atoms with Crippen molar-refractivity contribution >= 4 is 11.6 Å². The first kappa shape index (κ1) is 17.2. The van der Waals surface area contributed by atoms with Gasteiger partial charge in [0.25, 0.3) is 5.91 Å². The molecule has 0 saturated carbocycles. The Morgan fingerprint density at radius 3 is 2.23 bits per heavy atom. The molecule has 132 valence electrons. The number of carbonyl (C=O) groups is 1. The molecule has 7 nitrogen and oxygen atoms in total. The summed E-state index contributed by atoms with van der Waals surface area (Å²) >= 11 is 0. The topological polar surface area (TPSA) is 82.6 Å². The molecule has 1 heterocycles. The summed E-state index contributed by atoms with van der Waals surface area (Å²) in [7, 11) is 1.58. The van der Waals surface area contributed by atoms with E-state index in [1.807, 2.05) is 18.2 Å². The van der Waals surface area contributed by atoms with Gasteiger partial charge < -0.3 is 19.5 Å². The van der Waals surface area contributed by atoms with Crippen LogP contribution in [0.4, 0.5) is 5.69 Å².